The molecule has 1 aliphatic heterocycles. The molecule has 2 aliphatic carbocycles. The Labute approximate surface area is 351 Å². The number of carbonyl (C=O) groups excluding carboxylic acids is 2. The molecule has 1 aromatic carbocycles. The molecule has 2 amide bonds. The SMILES string of the molecule is CN(CCCOCCc1ccc2c(c1)n(C)c(=O)n2C1CCC(=O)NC1O)CC1CCC(n2cc(NC(=O)c3coc(-c4ccnc(NCC5CC5)c4)n3)c(C(F)F)n2)CC1. The number of oxazole rings is 1. The van der Waals surface area contributed by atoms with Crippen LogP contribution in [0.15, 0.2) is 58.2 Å². The van der Waals surface area contributed by atoms with Gasteiger partial charge >= 0.3 is 5.69 Å². The number of aliphatic hydroxyl groups is 1. The molecule has 4 N–H and O–H groups in total. The molecule has 0 spiro atoms. The molecule has 2 atom stereocenters. The summed E-state index contributed by atoms with van der Waals surface area (Å²) in [5.74, 6) is 1.17. The van der Waals surface area contributed by atoms with E-state index in [0.29, 0.717) is 49.3 Å². The minimum Gasteiger partial charge on any atom is -0.444 e. The van der Waals surface area contributed by atoms with Crippen molar-refractivity contribution in [1.29, 1.82) is 0 Å². The monoisotopic (exact) mass is 844 g/mol. The lowest BCUT2D eigenvalue weighted by Gasteiger charge is -2.31. The summed E-state index contributed by atoms with van der Waals surface area (Å²) in [6, 6.07) is 8.81. The number of anilines is 2. The van der Waals surface area contributed by atoms with Crippen LogP contribution in [0.3, 0.4) is 0 Å². The Morgan fingerprint density at radius 2 is 1.87 bits per heavy atom. The highest BCUT2D eigenvalue weighted by Crippen LogP contribution is 2.36. The van der Waals surface area contributed by atoms with Crippen LogP contribution in [0, 0.1) is 11.8 Å². The number of ether oxygens (including phenoxy) is 1. The van der Waals surface area contributed by atoms with Crippen molar-refractivity contribution in [1.82, 2.24) is 39.1 Å². The van der Waals surface area contributed by atoms with Crippen molar-refractivity contribution in [2.45, 2.75) is 88.9 Å². The molecule has 1 saturated heterocycles. The second-order valence-electron chi connectivity index (χ2n) is 16.8. The number of aryl methyl sites for hydroxylation is 1. The van der Waals surface area contributed by atoms with Crippen molar-refractivity contribution >= 4 is 34.4 Å². The summed E-state index contributed by atoms with van der Waals surface area (Å²) in [6.45, 7) is 3.81. The summed E-state index contributed by atoms with van der Waals surface area (Å²) >= 11 is 0. The second kappa shape index (κ2) is 18.7. The smallest absolute Gasteiger partial charge is 0.329 e. The van der Waals surface area contributed by atoms with Gasteiger partial charge in [-0.2, -0.15) is 5.10 Å². The Bertz CT molecular complexity index is 2380. The number of halogens is 2. The zero-order valence-electron chi connectivity index (χ0n) is 34.6. The van der Waals surface area contributed by atoms with Gasteiger partial charge in [-0.1, -0.05) is 6.07 Å². The van der Waals surface area contributed by atoms with Gasteiger partial charge in [0.2, 0.25) is 11.8 Å². The average Bonchev–Trinajstić information content (AvgIpc) is 3.66. The van der Waals surface area contributed by atoms with Gasteiger partial charge in [-0.05, 0) is 106 Å². The summed E-state index contributed by atoms with van der Waals surface area (Å²) < 4.78 is 44.5. The molecule has 0 bridgehead atoms. The molecule has 16 nitrogen and oxygen atoms in total. The maximum Gasteiger partial charge on any atom is 0.329 e. The largest absolute Gasteiger partial charge is 0.444 e. The Hall–Kier alpha value is -5.46. The zero-order valence-corrected chi connectivity index (χ0v) is 34.6. The molecule has 5 aromatic rings. The number of hydrogen-bond acceptors (Lipinski definition) is 11. The first-order valence-electron chi connectivity index (χ1n) is 21.3. The Kier molecular flexibility index (Phi) is 12.9. The van der Waals surface area contributed by atoms with Crippen LogP contribution in [-0.2, 0) is 23.0 Å². The van der Waals surface area contributed by atoms with Crippen LogP contribution in [0.1, 0.15) is 98.0 Å². The van der Waals surface area contributed by atoms with E-state index in [9.17, 15) is 28.3 Å². The van der Waals surface area contributed by atoms with Gasteiger partial charge in [0.1, 0.15) is 18.3 Å². The third kappa shape index (κ3) is 10.0. The number of rotatable bonds is 18. The number of nitrogens with zero attached hydrogens (tertiary/aromatic N) is 7. The lowest BCUT2D eigenvalue weighted by Crippen LogP contribution is -2.47. The highest BCUT2D eigenvalue weighted by atomic mass is 19.3. The number of aromatic nitrogens is 6. The minimum absolute atomic E-state index is 0.0312. The van der Waals surface area contributed by atoms with Crippen molar-refractivity contribution in [3.05, 3.63) is 76.4 Å². The number of imidazole rings is 1. The van der Waals surface area contributed by atoms with Crippen molar-refractivity contribution in [3.63, 3.8) is 0 Å². The summed E-state index contributed by atoms with van der Waals surface area (Å²) in [4.78, 5) is 48.9. The molecule has 3 aliphatic rings. The number of benzene rings is 1. The molecule has 0 radical (unpaired) electrons. The number of fused-ring (bicyclic) bond motifs is 1. The molecular weight excluding hydrogens is 791 g/mol. The third-order valence-corrected chi connectivity index (χ3v) is 12.2. The number of alkyl halides is 2. The Morgan fingerprint density at radius 1 is 1.07 bits per heavy atom. The van der Waals surface area contributed by atoms with E-state index in [4.69, 9.17) is 9.15 Å². The van der Waals surface area contributed by atoms with E-state index in [1.54, 1.807) is 39.2 Å². The molecule has 8 rings (SSSR count). The first-order valence-corrected chi connectivity index (χ1v) is 21.3. The second-order valence-corrected chi connectivity index (χ2v) is 16.8. The van der Waals surface area contributed by atoms with E-state index < -0.39 is 30.3 Å². The molecule has 326 valence electrons. The van der Waals surface area contributed by atoms with Crippen molar-refractivity contribution in [2.75, 3.05) is 50.5 Å². The van der Waals surface area contributed by atoms with Crippen LogP contribution in [0.5, 0.6) is 0 Å². The fourth-order valence-electron chi connectivity index (χ4n) is 8.56. The van der Waals surface area contributed by atoms with Crippen LogP contribution in [0.25, 0.3) is 22.5 Å². The summed E-state index contributed by atoms with van der Waals surface area (Å²) in [5, 5.41) is 23.1. The van der Waals surface area contributed by atoms with Gasteiger partial charge in [-0.3, -0.25) is 23.4 Å². The Balaban J connectivity index is 0.756. The van der Waals surface area contributed by atoms with E-state index in [2.05, 4.69) is 43.0 Å². The number of hydrogen-bond donors (Lipinski definition) is 4. The van der Waals surface area contributed by atoms with Gasteiger partial charge in [0.05, 0.1) is 35.4 Å². The fourth-order valence-corrected chi connectivity index (χ4v) is 8.56. The van der Waals surface area contributed by atoms with Gasteiger partial charge in [0, 0.05) is 57.7 Å². The van der Waals surface area contributed by atoms with Crippen LogP contribution in [0.4, 0.5) is 20.3 Å². The zero-order chi connectivity index (χ0) is 42.6. The summed E-state index contributed by atoms with van der Waals surface area (Å²) in [7, 11) is 3.82. The van der Waals surface area contributed by atoms with Gasteiger partial charge in [0.25, 0.3) is 12.3 Å². The lowest BCUT2D eigenvalue weighted by atomic mass is 9.86. The summed E-state index contributed by atoms with van der Waals surface area (Å²) in [5.41, 5.74) is 2.40. The predicted molar refractivity (Wildman–Crippen MR) is 223 cm³/mol. The third-order valence-electron chi connectivity index (χ3n) is 12.2. The van der Waals surface area contributed by atoms with Gasteiger partial charge in [-0.15, -0.1) is 0 Å². The first kappa shape index (κ1) is 42.2. The van der Waals surface area contributed by atoms with Gasteiger partial charge in [0.15, 0.2) is 11.4 Å². The van der Waals surface area contributed by atoms with Gasteiger partial charge in [-0.25, -0.2) is 23.5 Å². The number of nitrogens with one attached hydrogen (secondary N) is 3. The molecular formula is C43H54F2N10O6. The average molecular weight is 845 g/mol. The van der Waals surface area contributed by atoms with E-state index in [0.717, 1.165) is 68.3 Å². The van der Waals surface area contributed by atoms with Crippen LogP contribution in [0.2, 0.25) is 0 Å². The number of aliphatic hydroxyl groups excluding tert-OH is 1. The van der Waals surface area contributed by atoms with E-state index >= 15 is 0 Å². The van der Waals surface area contributed by atoms with Crippen molar-refractivity contribution in [2.24, 2.45) is 18.9 Å². The molecule has 3 fully saturated rings. The quantitative estimate of drug-likeness (QED) is 0.0796. The van der Waals surface area contributed by atoms with E-state index in [1.807, 2.05) is 18.2 Å². The molecule has 4 aromatic heterocycles. The molecule has 2 saturated carbocycles. The molecule has 18 heteroatoms. The number of piperidine rings is 1. The normalized spacial score (nSPS) is 20.7. The topological polar surface area (TPSA) is 187 Å². The fraction of sp³-hybridized carbons (Fsp3) is 0.535. The van der Waals surface area contributed by atoms with Crippen LogP contribution < -0.4 is 21.6 Å². The predicted octanol–water partition coefficient (Wildman–Crippen LogP) is 5.68. The van der Waals surface area contributed by atoms with Crippen LogP contribution >= 0.6 is 0 Å². The summed E-state index contributed by atoms with van der Waals surface area (Å²) in [6.07, 6.45) is 8.46. The standard InChI is InChI=1S/C43H54F2N10O6/c1-52(17-3-18-60-19-15-26-8-11-33-35(20-26)53(2)43(59)55(33)34-12-13-37(56)50-41(34)58)23-28-6-9-30(10-7-28)54-24-31(38(51-54)39(44)45)48-40(57)32-25-61-42(49-32)29-14-16-46-36(21-29)47-22-27-4-5-27/h8,11,14,16,20-21,24-25,27-28,30,34,39,41,58H,3-7,9-10,12-13,15,17-19,22-23H2,1-2H3,(H,46,47)(H,48,57)(H,50,56). The maximum atomic E-state index is 14.1. The maximum absolute atomic E-state index is 14.1. The Morgan fingerprint density at radius 3 is 2.64 bits per heavy atom. The van der Waals surface area contributed by atoms with Crippen LogP contribution in [-0.4, -0.2) is 96.8 Å². The molecule has 61 heavy (non-hydrogen) atoms. The van der Waals surface area contributed by atoms with E-state index in [-0.39, 0.29) is 41.3 Å². The lowest BCUT2D eigenvalue weighted by molar-refractivity contribution is -0.128. The molecule has 2 unspecified atom stereocenters. The van der Waals surface area contributed by atoms with Gasteiger partial charge < -0.3 is 35.1 Å². The highest BCUT2D eigenvalue weighted by molar-refractivity contribution is 6.03. The van der Waals surface area contributed by atoms with Crippen molar-refractivity contribution < 1.29 is 32.6 Å². The number of amides is 2. The molecule has 5 heterocycles. The van der Waals surface area contributed by atoms with Crippen molar-refractivity contribution in [3.8, 4) is 11.5 Å². The minimum atomic E-state index is -2.87. The first-order chi connectivity index (χ1) is 29.5. The highest BCUT2D eigenvalue weighted by Gasteiger charge is 2.32. The number of pyridine rings is 1. The number of carbonyl (C=O) groups is 2. The van der Waals surface area contributed by atoms with E-state index in [1.165, 1.54) is 25.3 Å².